The van der Waals surface area contributed by atoms with Crippen LogP contribution in [0.15, 0.2) is 40.9 Å². The fraction of sp³-hybridized carbons (Fsp3) is 0.143. The first-order valence-electron chi connectivity index (χ1n) is 5.50. The van der Waals surface area contributed by atoms with Crippen molar-refractivity contribution in [1.82, 2.24) is 0 Å². The van der Waals surface area contributed by atoms with Gasteiger partial charge in [0.05, 0.1) is 10.7 Å². The Kier molecular flexibility index (Phi) is 4.55. The maximum absolute atomic E-state index is 6.16. The van der Waals surface area contributed by atoms with E-state index in [0.717, 1.165) is 20.7 Å². The van der Waals surface area contributed by atoms with Gasteiger partial charge in [-0.25, -0.2) is 0 Å². The highest BCUT2D eigenvalue weighted by Gasteiger charge is 2.04. The highest BCUT2D eigenvalue weighted by molar-refractivity contribution is 9.10. The zero-order valence-electron chi connectivity index (χ0n) is 9.81. The first kappa shape index (κ1) is 13.7. The number of nitrogens with one attached hydrogen (secondary N) is 1. The summed E-state index contributed by atoms with van der Waals surface area (Å²) in [5.41, 5.74) is 3.03. The molecule has 0 spiro atoms. The van der Waals surface area contributed by atoms with Crippen LogP contribution in [-0.2, 0) is 6.54 Å². The molecular formula is C14H12BrCl2N. The van der Waals surface area contributed by atoms with Crippen LogP contribution in [0.25, 0.3) is 0 Å². The molecule has 0 saturated carbocycles. The molecule has 94 valence electrons. The Hall–Kier alpha value is -0.700. The summed E-state index contributed by atoms with van der Waals surface area (Å²) in [4.78, 5) is 0. The number of anilines is 1. The summed E-state index contributed by atoms with van der Waals surface area (Å²) in [5.74, 6) is 0. The van der Waals surface area contributed by atoms with Gasteiger partial charge >= 0.3 is 0 Å². The summed E-state index contributed by atoms with van der Waals surface area (Å²) < 4.78 is 1.07. The first-order chi connectivity index (χ1) is 8.56. The minimum atomic E-state index is 0.689. The molecule has 1 nitrogen and oxygen atoms in total. The predicted molar refractivity (Wildman–Crippen MR) is 82.7 cm³/mol. The fourth-order valence-corrected chi connectivity index (χ4v) is 2.29. The maximum Gasteiger partial charge on any atom is 0.0641 e. The van der Waals surface area contributed by atoms with Crippen molar-refractivity contribution in [1.29, 1.82) is 0 Å². The lowest BCUT2D eigenvalue weighted by molar-refractivity contribution is 1.15. The molecular weight excluding hydrogens is 333 g/mol. The average molecular weight is 345 g/mol. The Morgan fingerprint density at radius 1 is 1.06 bits per heavy atom. The van der Waals surface area contributed by atoms with Crippen LogP contribution in [0.2, 0.25) is 10.0 Å². The fourth-order valence-electron chi connectivity index (χ4n) is 1.58. The molecule has 0 bridgehead atoms. The summed E-state index contributed by atoms with van der Waals surface area (Å²) in [6.07, 6.45) is 0. The van der Waals surface area contributed by atoms with E-state index in [1.54, 1.807) is 0 Å². The molecule has 2 rings (SSSR count). The van der Waals surface area contributed by atoms with Gasteiger partial charge in [-0.2, -0.15) is 0 Å². The van der Waals surface area contributed by atoms with Crippen molar-refractivity contribution in [2.24, 2.45) is 0 Å². The number of rotatable bonds is 3. The molecule has 2 aromatic carbocycles. The van der Waals surface area contributed by atoms with Crippen molar-refractivity contribution in [2.75, 3.05) is 5.32 Å². The van der Waals surface area contributed by atoms with Gasteiger partial charge in [0.15, 0.2) is 0 Å². The van der Waals surface area contributed by atoms with Crippen LogP contribution in [0.3, 0.4) is 0 Å². The van der Waals surface area contributed by atoms with E-state index >= 15 is 0 Å². The number of aryl methyl sites for hydroxylation is 1. The van der Waals surface area contributed by atoms with Crippen molar-refractivity contribution in [2.45, 2.75) is 13.5 Å². The van der Waals surface area contributed by atoms with Gasteiger partial charge in [-0.05, 0) is 42.3 Å². The van der Waals surface area contributed by atoms with Crippen molar-refractivity contribution in [3.63, 3.8) is 0 Å². The second-order valence-electron chi connectivity index (χ2n) is 4.06. The van der Waals surface area contributed by atoms with Gasteiger partial charge in [0.25, 0.3) is 0 Å². The minimum Gasteiger partial charge on any atom is -0.380 e. The van der Waals surface area contributed by atoms with Crippen molar-refractivity contribution >= 4 is 44.8 Å². The number of halogens is 3. The van der Waals surface area contributed by atoms with Gasteiger partial charge in [0.1, 0.15) is 0 Å². The lowest BCUT2D eigenvalue weighted by Crippen LogP contribution is -2.00. The van der Waals surface area contributed by atoms with Crippen LogP contribution in [-0.4, -0.2) is 0 Å². The average Bonchev–Trinajstić information content (AvgIpc) is 2.34. The maximum atomic E-state index is 6.16. The Morgan fingerprint density at radius 2 is 1.72 bits per heavy atom. The molecule has 2 aromatic rings. The number of hydrogen-bond donors (Lipinski definition) is 1. The standard InChI is InChI=1S/C14H12BrCl2N/c1-9-6-13(17)14(7-12(9)16)18-8-10-2-4-11(15)5-3-10/h2-7,18H,8H2,1H3. The van der Waals surface area contributed by atoms with E-state index in [9.17, 15) is 0 Å². The summed E-state index contributed by atoms with van der Waals surface area (Å²) in [5, 5.41) is 4.69. The molecule has 18 heavy (non-hydrogen) atoms. The quantitative estimate of drug-likeness (QED) is 0.755. The highest BCUT2D eigenvalue weighted by Crippen LogP contribution is 2.29. The van der Waals surface area contributed by atoms with Crippen LogP contribution in [0, 0.1) is 6.92 Å². The van der Waals surface area contributed by atoms with Crippen molar-refractivity contribution < 1.29 is 0 Å². The zero-order chi connectivity index (χ0) is 13.1. The first-order valence-corrected chi connectivity index (χ1v) is 7.05. The normalized spacial score (nSPS) is 10.4. The van der Waals surface area contributed by atoms with Gasteiger partial charge in [-0.15, -0.1) is 0 Å². The smallest absolute Gasteiger partial charge is 0.0641 e. The molecule has 0 aromatic heterocycles. The highest BCUT2D eigenvalue weighted by atomic mass is 79.9. The van der Waals surface area contributed by atoms with Crippen LogP contribution >= 0.6 is 39.1 Å². The lowest BCUT2D eigenvalue weighted by Gasteiger charge is -2.10. The number of benzene rings is 2. The third kappa shape index (κ3) is 3.41. The molecule has 0 aliphatic heterocycles. The molecule has 0 amide bonds. The monoisotopic (exact) mass is 343 g/mol. The van der Waals surface area contributed by atoms with Gasteiger partial charge in [-0.1, -0.05) is 51.3 Å². The van der Waals surface area contributed by atoms with E-state index in [4.69, 9.17) is 23.2 Å². The Morgan fingerprint density at radius 3 is 2.39 bits per heavy atom. The molecule has 0 saturated heterocycles. The molecule has 1 N–H and O–H groups in total. The van der Waals surface area contributed by atoms with E-state index in [-0.39, 0.29) is 0 Å². The van der Waals surface area contributed by atoms with Crippen molar-refractivity contribution in [3.05, 3.63) is 62.0 Å². The predicted octanol–water partition coefficient (Wildman–Crippen LogP) is 5.68. The lowest BCUT2D eigenvalue weighted by atomic mass is 10.2. The second-order valence-corrected chi connectivity index (χ2v) is 5.79. The molecule has 4 heteroatoms. The van der Waals surface area contributed by atoms with Crippen LogP contribution in [0.1, 0.15) is 11.1 Å². The Bertz CT molecular complexity index is 552. The molecule has 0 unspecified atom stereocenters. The summed E-state index contributed by atoms with van der Waals surface area (Å²) in [6, 6.07) is 11.9. The summed E-state index contributed by atoms with van der Waals surface area (Å²) >= 11 is 15.7. The van der Waals surface area contributed by atoms with Crippen LogP contribution < -0.4 is 5.32 Å². The van der Waals surface area contributed by atoms with E-state index in [2.05, 4.69) is 33.4 Å². The summed E-state index contributed by atoms with van der Waals surface area (Å²) in [6.45, 7) is 2.65. The Balaban J connectivity index is 2.10. The Labute approximate surface area is 125 Å². The molecule has 0 atom stereocenters. The second kappa shape index (κ2) is 5.96. The molecule has 0 fully saturated rings. The third-order valence-corrected chi connectivity index (χ3v) is 3.89. The topological polar surface area (TPSA) is 12.0 Å². The SMILES string of the molecule is Cc1cc(Cl)c(NCc2ccc(Br)cc2)cc1Cl. The molecule has 0 heterocycles. The van der Waals surface area contributed by atoms with Gasteiger partial charge < -0.3 is 5.32 Å². The molecule has 0 aliphatic rings. The van der Waals surface area contributed by atoms with E-state index in [1.165, 1.54) is 5.56 Å². The van der Waals surface area contributed by atoms with Gasteiger partial charge in [0, 0.05) is 16.0 Å². The third-order valence-electron chi connectivity index (χ3n) is 2.64. The van der Waals surface area contributed by atoms with Crippen molar-refractivity contribution in [3.8, 4) is 0 Å². The largest absolute Gasteiger partial charge is 0.380 e. The number of hydrogen-bond acceptors (Lipinski definition) is 1. The molecule has 0 radical (unpaired) electrons. The molecule has 0 aliphatic carbocycles. The van der Waals surface area contributed by atoms with Crippen LogP contribution in [0.5, 0.6) is 0 Å². The van der Waals surface area contributed by atoms with E-state index < -0.39 is 0 Å². The van der Waals surface area contributed by atoms with Crippen LogP contribution in [0.4, 0.5) is 5.69 Å². The summed E-state index contributed by atoms with van der Waals surface area (Å²) in [7, 11) is 0. The van der Waals surface area contributed by atoms with Gasteiger partial charge in [-0.3, -0.25) is 0 Å². The van der Waals surface area contributed by atoms with E-state index in [1.807, 2.05) is 31.2 Å². The van der Waals surface area contributed by atoms with E-state index in [0.29, 0.717) is 11.6 Å². The van der Waals surface area contributed by atoms with Gasteiger partial charge in [0.2, 0.25) is 0 Å². The zero-order valence-corrected chi connectivity index (χ0v) is 12.9. The minimum absolute atomic E-state index is 0.689.